The summed E-state index contributed by atoms with van der Waals surface area (Å²) in [6, 6.07) is 14.8. The molecule has 0 saturated carbocycles. The van der Waals surface area contributed by atoms with Gasteiger partial charge in [0.05, 0.1) is 5.75 Å². The van der Waals surface area contributed by atoms with Gasteiger partial charge >= 0.3 is 0 Å². The lowest BCUT2D eigenvalue weighted by Gasteiger charge is -2.29. The molecule has 0 bridgehead atoms. The van der Waals surface area contributed by atoms with E-state index in [9.17, 15) is 9.59 Å². The Hall–Kier alpha value is -1.69. The standard InChI is InChI=1S/C24H30Cl2N2O2S/c1-17(2)14-27-24(30)18(3)28(12-11-19-7-5-4-6-8-19)23(29)16-31-15-20-9-10-21(25)13-22(20)26/h4-10,13,17-18H,11-12,14-16H2,1-3H3,(H,27,30)/t18-/m1/s1. The third-order valence-electron chi connectivity index (χ3n) is 4.83. The van der Waals surface area contributed by atoms with Crippen LogP contribution in [0.5, 0.6) is 0 Å². The van der Waals surface area contributed by atoms with E-state index in [2.05, 4.69) is 5.32 Å². The summed E-state index contributed by atoms with van der Waals surface area (Å²) in [5.74, 6) is 1.04. The molecule has 0 aliphatic rings. The van der Waals surface area contributed by atoms with Crippen LogP contribution in [0, 0.1) is 5.92 Å². The second kappa shape index (κ2) is 13.0. The Morgan fingerprint density at radius 2 is 1.77 bits per heavy atom. The van der Waals surface area contributed by atoms with Gasteiger partial charge in [-0.1, -0.05) is 73.4 Å². The molecule has 7 heteroatoms. The lowest BCUT2D eigenvalue weighted by molar-refractivity contribution is -0.138. The van der Waals surface area contributed by atoms with E-state index in [1.807, 2.05) is 50.2 Å². The number of hydrogen-bond acceptors (Lipinski definition) is 3. The molecule has 0 radical (unpaired) electrons. The van der Waals surface area contributed by atoms with E-state index in [4.69, 9.17) is 23.2 Å². The maximum absolute atomic E-state index is 13.0. The van der Waals surface area contributed by atoms with Crippen molar-refractivity contribution in [1.82, 2.24) is 10.2 Å². The molecule has 0 aliphatic heterocycles. The van der Waals surface area contributed by atoms with Crippen molar-refractivity contribution in [3.63, 3.8) is 0 Å². The van der Waals surface area contributed by atoms with E-state index in [0.29, 0.717) is 41.2 Å². The Bertz CT molecular complexity index is 862. The summed E-state index contributed by atoms with van der Waals surface area (Å²) in [5, 5.41) is 4.12. The van der Waals surface area contributed by atoms with Gasteiger partial charge in [-0.05, 0) is 42.5 Å². The van der Waals surface area contributed by atoms with Crippen LogP contribution in [-0.4, -0.2) is 41.6 Å². The maximum Gasteiger partial charge on any atom is 0.242 e. The quantitative estimate of drug-likeness (QED) is 0.464. The summed E-state index contributed by atoms with van der Waals surface area (Å²) in [5.41, 5.74) is 2.07. The van der Waals surface area contributed by atoms with E-state index in [1.165, 1.54) is 11.8 Å². The summed E-state index contributed by atoms with van der Waals surface area (Å²) in [4.78, 5) is 27.4. The number of nitrogens with zero attached hydrogens (tertiary/aromatic N) is 1. The minimum Gasteiger partial charge on any atom is -0.354 e. The molecule has 2 aromatic rings. The highest BCUT2D eigenvalue weighted by atomic mass is 35.5. The Morgan fingerprint density at radius 1 is 1.06 bits per heavy atom. The first-order valence-corrected chi connectivity index (χ1v) is 12.3. The second-order valence-corrected chi connectivity index (χ2v) is 9.70. The van der Waals surface area contributed by atoms with Crippen LogP contribution < -0.4 is 5.32 Å². The molecular formula is C24H30Cl2N2O2S. The molecule has 2 amide bonds. The van der Waals surface area contributed by atoms with Crippen LogP contribution in [0.1, 0.15) is 31.9 Å². The zero-order valence-corrected chi connectivity index (χ0v) is 20.6. The average molecular weight is 481 g/mol. The molecule has 4 nitrogen and oxygen atoms in total. The Balaban J connectivity index is 2.00. The number of amides is 2. The van der Waals surface area contributed by atoms with E-state index in [0.717, 1.165) is 11.1 Å². The molecule has 168 valence electrons. The zero-order valence-electron chi connectivity index (χ0n) is 18.2. The number of hydrogen-bond donors (Lipinski definition) is 1. The summed E-state index contributed by atoms with van der Waals surface area (Å²) in [7, 11) is 0. The minimum absolute atomic E-state index is 0.0572. The number of benzene rings is 2. The highest BCUT2D eigenvalue weighted by Crippen LogP contribution is 2.25. The number of thioether (sulfide) groups is 1. The van der Waals surface area contributed by atoms with Crippen molar-refractivity contribution in [3.05, 3.63) is 69.7 Å². The molecule has 2 aromatic carbocycles. The number of carbonyl (C=O) groups is 2. The first-order chi connectivity index (χ1) is 14.8. The van der Waals surface area contributed by atoms with Gasteiger partial charge in [0.1, 0.15) is 6.04 Å². The molecule has 0 heterocycles. The van der Waals surface area contributed by atoms with Crippen LogP contribution in [-0.2, 0) is 21.8 Å². The Kier molecular flexibility index (Phi) is 10.7. The summed E-state index contributed by atoms with van der Waals surface area (Å²) in [6.07, 6.45) is 0.696. The van der Waals surface area contributed by atoms with Crippen molar-refractivity contribution in [3.8, 4) is 0 Å². The van der Waals surface area contributed by atoms with Crippen molar-refractivity contribution in [1.29, 1.82) is 0 Å². The first kappa shape index (κ1) is 25.6. The summed E-state index contributed by atoms with van der Waals surface area (Å²) < 4.78 is 0. The van der Waals surface area contributed by atoms with Crippen LogP contribution in [0.3, 0.4) is 0 Å². The highest BCUT2D eigenvalue weighted by molar-refractivity contribution is 7.99. The predicted octanol–water partition coefficient (Wildman–Crippen LogP) is 5.46. The number of nitrogens with one attached hydrogen (secondary N) is 1. The lowest BCUT2D eigenvalue weighted by atomic mass is 10.1. The largest absolute Gasteiger partial charge is 0.354 e. The molecule has 0 aromatic heterocycles. The fraction of sp³-hybridized carbons (Fsp3) is 0.417. The van der Waals surface area contributed by atoms with E-state index >= 15 is 0 Å². The van der Waals surface area contributed by atoms with Gasteiger partial charge in [-0.25, -0.2) is 0 Å². The predicted molar refractivity (Wildman–Crippen MR) is 132 cm³/mol. The van der Waals surface area contributed by atoms with Crippen LogP contribution in [0.25, 0.3) is 0 Å². The van der Waals surface area contributed by atoms with Crippen molar-refractivity contribution < 1.29 is 9.59 Å². The van der Waals surface area contributed by atoms with Gasteiger partial charge in [0, 0.05) is 28.9 Å². The normalized spacial score (nSPS) is 11.9. The van der Waals surface area contributed by atoms with E-state index < -0.39 is 6.04 Å². The molecule has 1 N–H and O–H groups in total. The molecule has 31 heavy (non-hydrogen) atoms. The van der Waals surface area contributed by atoms with Gasteiger partial charge in [-0.15, -0.1) is 11.8 Å². The molecular weight excluding hydrogens is 451 g/mol. The van der Waals surface area contributed by atoms with Crippen LogP contribution in [0.4, 0.5) is 0 Å². The molecule has 0 unspecified atom stereocenters. The van der Waals surface area contributed by atoms with Gasteiger partial charge in [0.15, 0.2) is 0 Å². The van der Waals surface area contributed by atoms with Crippen LogP contribution in [0.15, 0.2) is 48.5 Å². The first-order valence-electron chi connectivity index (χ1n) is 10.4. The van der Waals surface area contributed by atoms with Crippen LogP contribution >= 0.6 is 35.0 Å². The fourth-order valence-electron chi connectivity index (χ4n) is 2.99. The van der Waals surface area contributed by atoms with Gasteiger partial charge in [-0.2, -0.15) is 0 Å². The third kappa shape index (κ3) is 8.76. The van der Waals surface area contributed by atoms with E-state index in [-0.39, 0.29) is 17.6 Å². The van der Waals surface area contributed by atoms with Gasteiger partial charge in [0.25, 0.3) is 0 Å². The molecule has 0 fully saturated rings. The molecule has 0 aliphatic carbocycles. The fourth-order valence-corrected chi connectivity index (χ4v) is 4.46. The van der Waals surface area contributed by atoms with Crippen LogP contribution in [0.2, 0.25) is 10.0 Å². The number of rotatable bonds is 11. The van der Waals surface area contributed by atoms with Crippen molar-refractivity contribution >= 4 is 46.8 Å². The Labute approximate surface area is 199 Å². The molecule has 2 rings (SSSR count). The molecule has 1 atom stereocenters. The monoisotopic (exact) mass is 480 g/mol. The third-order valence-corrected chi connectivity index (χ3v) is 6.39. The lowest BCUT2D eigenvalue weighted by Crippen LogP contribution is -2.50. The summed E-state index contributed by atoms with van der Waals surface area (Å²) in [6.45, 7) is 6.96. The highest BCUT2D eigenvalue weighted by Gasteiger charge is 2.25. The minimum atomic E-state index is -0.533. The van der Waals surface area contributed by atoms with Gasteiger partial charge < -0.3 is 10.2 Å². The smallest absolute Gasteiger partial charge is 0.242 e. The zero-order chi connectivity index (χ0) is 22.8. The summed E-state index contributed by atoms with van der Waals surface area (Å²) >= 11 is 13.7. The van der Waals surface area contributed by atoms with Crippen molar-refractivity contribution in [2.24, 2.45) is 5.92 Å². The molecule has 0 saturated heterocycles. The van der Waals surface area contributed by atoms with E-state index in [1.54, 1.807) is 24.0 Å². The average Bonchev–Trinajstić information content (AvgIpc) is 2.74. The van der Waals surface area contributed by atoms with Crippen molar-refractivity contribution in [2.45, 2.75) is 39.0 Å². The Morgan fingerprint density at radius 3 is 2.42 bits per heavy atom. The topological polar surface area (TPSA) is 49.4 Å². The van der Waals surface area contributed by atoms with Gasteiger partial charge in [0.2, 0.25) is 11.8 Å². The molecule has 0 spiro atoms. The number of halogens is 2. The number of carbonyl (C=O) groups excluding carboxylic acids is 2. The van der Waals surface area contributed by atoms with Gasteiger partial charge in [-0.3, -0.25) is 9.59 Å². The van der Waals surface area contributed by atoms with Crippen molar-refractivity contribution in [2.75, 3.05) is 18.8 Å². The maximum atomic E-state index is 13.0. The second-order valence-electron chi connectivity index (χ2n) is 7.87. The SMILES string of the molecule is CC(C)CNC(=O)[C@@H](C)N(CCc1ccccc1)C(=O)CSCc1ccc(Cl)cc1Cl.